The van der Waals surface area contributed by atoms with Crippen molar-refractivity contribution in [3.8, 4) is 0 Å². The van der Waals surface area contributed by atoms with Crippen molar-refractivity contribution >= 4 is 5.82 Å². The van der Waals surface area contributed by atoms with E-state index in [0.717, 1.165) is 44.1 Å². The lowest BCUT2D eigenvalue weighted by molar-refractivity contribution is -0.182. The molecule has 0 unspecified atom stereocenters. The van der Waals surface area contributed by atoms with Crippen molar-refractivity contribution < 1.29 is 4.74 Å². The maximum absolute atomic E-state index is 6.10. The van der Waals surface area contributed by atoms with Gasteiger partial charge in [-0.15, -0.1) is 0 Å². The summed E-state index contributed by atoms with van der Waals surface area (Å²) >= 11 is 0. The van der Waals surface area contributed by atoms with Crippen molar-refractivity contribution in [1.82, 2.24) is 14.9 Å². The molecule has 0 aromatic carbocycles. The summed E-state index contributed by atoms with van der Waals surface area (Å²) in [5.41, 5.74) is 0.751. The van der Waals surface area contributed by atoms with Crippen molar-refractivity contribution in [2.45, 2.75) is 58.8 Å². The van der Waals surface area contributed by atoms with Crippen LogP contribution in [0.2, 0.25) is 0 Å². The van der Waals surface area contributed by atoms with Crippen LogP contribution in [0.4, 0.5) is 5.82 Å². The molecule has 0 bridgehead atoms. The fourth-order valence-corrected chi connectivity index (χ4v) is 3.07. The van der Waals surface area contributed by atoms with E-state index < -0.39 is 0 Å². The van der Waals surface area contributed by atoms with E-state index in [9.17, 15) is 0 Å². The van der Waals surface area contributed by atoms with Gasteiger partial charge in [-0.05, 0) is 34.1 Å². The molecule has 0 atom stereocenters. The monoisotopic (exact) mass is 292 g/mol. The number of hydrogen-bond acceptors (Lipinski definition) is 5. The Labute approximate surface area is 128 Å². The largest absolute Gasteiger partial charge is 0.369 e. The molecule has 118 valence electrons. The standard InChI is InChI=1S/C16H28N4O/c1-6-7-17-14-9-18-13(8-19-14)10-20-11-15(2,3)21-16(4,5)12-20/h8-9H,6-7,10-12H2,1-5H3,(H,17,19). The van der Waals surface area contributed by atoms with E-state index in [1.807, 2.05) is 12.4 Å². The van der Waals surface area contributed by atoms with Crippen molar-refractivity contribution in [3.05, 3.63) is 18.1 Å². The molecule has 5 nitrogen and oxygen atoms in total. The number of morpholine rings is 1. The second-order valence-corrected chi connectivity index (χ2v) is 7.09. The van der Waals surface area contributed by atoms with Crippen LogP contribution in [0.3, 0.4) is 0 Å². The molecule has 21 heavy (non-hydrogen) atoms. The maximum atomic E-state index is 6.10. The molecular formula is C16H28N4O. The minimum absolute atomic E-state index is 0.127. The number of anilines is 1. The Morgan fingerprint density at radius 2 is 1.81 bits per heavy atom. The van der Waals surface area contributed by atoms with Crippen LogP contribution in [0.1, 0.15) is 46.7 Å². The first kappa shape index (κ1) is 16.2. The molecule has 1 aliphatic heterocycles. The van der Waals surface area contributed by atoms with Gasteiger partial charge in [0.2, 0.25) is 0 Å². The van der Waals surface area contributed by atoms with Gasteiger partial charge in [-0.2, -0.15) is 0 Å². The third-order valence-electron chi connectivity index (χ3n) is 3.41. The summed E-state index contributed by atoms with van der Waals surface area (Å²) in [6, 6.07) is 0. The van der Waals surface area contributed by atoms with E-state index in [0.29, 0.717) is 0 Å². The van der Waals surface area contributed by atoms with E-state index in [4.69, 9.17) is 4.74 Å². The van der Waals surface area contributed by atoms with Gasteiger partial charge in [-0.25, -0.2) is 4.98 Å². The first-order valence-electron chi connectivity index (χ1n) is 7.77. The van der Waals surface area contributed by atoms with Crippen molar-refractivity contribution in [1.29, 1.82) is 0 Å². The highest BCUT2D eigenvalue weighted by Crippen LogP contribution is 2.28. The van der Waals surface area contributed by atoms with Crippen molar-refractivity contribution in [3.63, 3.8) is 0 Å². The fraction of sp³-hybridized carbons (Fsp3) is 0.750. The quantitative estimate of drug-likeness (QED) is 0.904. The topological polar surface area (TPSA) is 50.3 Å². The van der Waals surface area contributed by atoms with Crippen molar-refractivity contribution in [2.75, 3.05) is 25.0 Å². The van der Waals surface area contributed by atoms with Crippen LogP contribution in [0.25, 0.3) is 0 Å². The summed E-state index contributed by atoms with van der Waals surface area (Å²) in [7, 11) is 0. The number of hydrogen-bond donors (Lipinski definition) is 1. The summed E-state index contributed by atoms with van der Waals surface area (Å²) < 4.78 is 6.10. The smallest absolute Gasteiger partial charge is 0.144 e. The molecule has 1 saturated heterocycles. The Morgan fingerprint density at radius 1 is 1.14 bits per heavy atom. The summed E-state index contributed by atoms with van der Waals surface area (Å²) in [4.78, 5) is 11.3. The minimum Gasteiger partial charge on any atom is -0.369 e. The number of nitrogens with one attached hydrogen (secondary N) is 1. The van der Waals surface area contributed by atoms with Crippen LogP contribution in [-0.4, -0.2) is 45.7 Å². The van der Waals surface area contributed by atoms with Crippen LogP contribution >= 0.6 is 0 Å². The van der Waals surface area contributed by atoms with Gasteiger partial charge in [0.1, 0.15) is 5.82 Å². The van der Waals surface area contributed by atoms with Gasteiger partial charge in [0.05, 0.1) is 29.3 Å². The number of nitrogens with zero attached hydrogens (tertiary/aromatic N) is 3. The lowest BCUT2D eigenvalue weighted by Gasteiger charge is -2.47. The Bertz CT molecular complexity index is 440. The van der Waals surface area contributed by atoms with Crippen molar-refractivity contribution in [2.24, 2.45) is 0 Å². The fourth-order valence-electron chi connectivity index (χ4n) is 3.07. The predicted octanol–water partition coefficient (Wildman–Crippen LogP) is 2.69. The van der Waals surface area contributed by atoms with E-state index >= 15 is 0 Å². The molecule has 0 amide bonds. The first-order chi connectivity index (χ1) is 9.80. The number of aromatic nitrogens is 2. The molecule has 1 fully saturated rings. The van der Waals surface area contributed by atoms with Gasteiger partial charge < -0.3 is 10.1 Å². The molecule has 0 aliphatic carbocycles. The predicted molar refractivity (Wildman–Crippen MR) is 85.3 cm³/mol. The van der Waals surface area contributed by atoms with E-state index in [1.54, 1.807) is 0 Å². The molecule has 1 aromatic rings. The average Bonchev–Trinajstić information content (AvgIpc) is 2.34. The number of rotatable bonds is 5. The number of ether oxygens (including phenoxy) is 1. The Balaban J connectivity index is 1.97. The normalized spacial score (nSPS) is 21.2. The third kappa shape index (κ3) is 4.93. The van der Waals surface area contributed by atoms with E-state index in [-0.39, 0.29) is 11.2 Å². The van der Waals surface area contributed by atoms with Crippen LogP contribution in [0.5, 0.6) is 0 Å². The first-order valence-corrected chi connectivity index (χ1v) is 7.77. The van der Waals surface area contributed by atoms with Gasteiger partial charge in [-0.1, -0.05) is 6.92 Å². The molecule has 1 N–H and O–H groups in total. The Morgan fingerprint density at radius 3 is 2.33 bits per heavy atom. The molecular weight excluding hydrogens is 264 g/mol. The van der Waals surface area contributed by atoms with Crippen LogP contribution in [0.15, 0.2) is 12.4 Å². The zero-order valence-electron chi connectivity index (χ0n) is 13.9. The minimum atomic E-state index is -0.127. The highest BCUT2D eigenvalue weighted by molar-refractivity contribution is 5.30. The Hall–Kier alpha value is -1.20. The SMILES string of the molecule is CCCNc1cnc(CN2CC(C)(C)OC(C)(C)C2)cn1. The summed E-state index contributed by atoms with van der Waals surface area (Å²) in [5, 5.41) is 3.24. The van der Waals surface area contributed by atoms with Gasteiger partial charge in [0, 0.05) is 26.2 Å². The highest BCUT2D eigenvalue weighted by atomic mass is 16.5. The van der Waals surface area contributed by atoms with E-state index in [1.165, 1.54) is 0 Å². The van der Waals surface area contributed by atoms with Gasteiger partial charge >= 0.3 is 0 Å². The van der Waals surface area contributed by atoms with E-state index in [2.05, 4.69) is 54.8 Å². The molecule has 2 rings (SSSR count). The summed E-state index contributed by atoms with van der Waals surface area (Å²) in [6.45, 7) is 14.3. The molecule has 1 aliphatic rings. The van der Waals surface area contributed by atoms with Crippen LogP contribution < -0.4 is 5.32 Å². The zero-order chi connectivity index (χ0) is 15.5. The molecule has 0 spiro atoms. The van der Waals surface area contributed by atoms with Gasteiger partial charge in [0.25, 0.3) is 0 Å². The summed E-state index contributed by atoms with van der Waals surface area (Å²) in [6.07, 6.45) is 4.77. The maximum Gasteiger partial charge on any atom is 0.144 e. The van der Waals surface area contributed by atoms with Crippen LogP contribution in [0, 0.1) is 0 Å². The third-order valence-corrected chi connectivity index (χ3v) is 3.41. The molecule has 2 heterocycles. The lowest BCUT2D eigenvalue weighted by atomic mass is 9.99. The van der Waals surface area contributed by atoms with Gasteiger partial charge in [0.15, 0.2) is 0 Å². The van der Waals surface area contributed by atoms with Gasteiger partial charge in [-0.3, -0.25) is 9.88 Å². The lowest BCUT2D eigenvalue weighted by Crippen LogP contribution is -2.56. The molecule has 1 aromatic heterocycles. The van der Waals surface area contributed by atoms with Crippen LogP contribution in [-0.2, 0) is 11.3 Å². The molecule has 0 saturated carbocycles. The zero-order valence-corrected chi connectivity index (χ0v) is 13.9. The second kappa shape index (κ2) is 6.28. The molecule has 0 radical (unpaired) electrons. The highest BCUT2D eigenvalue weighted by Gasteiger charge is 2.38. The second-order valence-electron chi connectivity index (χ2n) is 7.09. The summed E-state index contributed by atoms with van der Waals surface area (Å²) in [5.74, 6) is 0.850. The average molecular weight is 292 g/mol. The molecule has 5 heteroatoms. The Kier molecular flexibility index (Phi) is 4.84.